The zero-order valence-corrected chi connectivity index (χ0v) is 16.8. The lowest BCUT2D eigenvalue weighted by Crippen LogP contribution is -2.51. The number of anilines is 1. The fourth-order valence-electron chi connectivity index (χ4n) is 3.42. The van der Waals surface area contributed by atoms with Crippen molar-refractivity contribution in [3.8, 4) is 0 Å². The molecule has 146 valence electrons. The fourth-order valence-corrected chi connectivity index (χ4v) is 3.42. The molecule has 2 aliphatic rings. The molecule has 1 saturated heterocycles. The van der Waals surface area contributed by atoms with Crippen molar-refractivity contribution in [1.82, 2.24) is 15.1 Å². The van der Waals surface area contributed by atoms with E-state index in [-0.39, 0.29) is 36.6 Å². The van der Waals surface area contributed by atoms with Gasteiger partial charge in [-0.2, -0.15) is 0 Å². The lowest BCUT2D eigenvalue weighted by molar-refractivity contribution is -0.133. The molecular weight excluding hydrogens is 375 g/mol. The van der Waals surface area contributed by atoms with E-state index in [1.165, 1.54) is 5.56 Å². The number of nitrogens with one attached hydrogen (secondary N) is 1. The zero-order chi connectivity index (χ0) is 16.9. The molecule has 1 N–H and O–H groups in total. The molecule has 6 nitrogen and oxygen atoms in total. The zero-order valence-electron chi connectivity index (χ0n) is 15.1. The first-order chi connectivity index (χ1) is 11.7. The van der Waals surface area contributed by atoms with Crippen LogP contribution >= 0.6 is 24.8 Å². The maximum absolute atomic E-state index is 12.6. The second kappa shape index (κ2) is 10.7. The van der Waals surface area contributed by atoms with Crippen molar-refractivity contribution in [2.45, 2.75) is 12.8 Å². The van der Waals surface area contributed by atoms with Gasteiger partial charge >= 0.3 is 0 Å². The summed E-state index contributed by atoms with van der Waals surface area (Å²) in [4.78, 5) is 30.6. The van der Waals surface area contributed by atoms with E-state index in [0.29, 0.717) is 32.6 Å². The van der Waals surface area contributed by atoms with Gasteiger partial charge in [-0.05, 0) is 25.1 Å². The summed E-state index contributed by atoms with van der Waals surface area (Å²) in [5.74, 6) is 0.360. The van der Waals surface area contributed by atoms with Crippen LogP contribution in [-0.4, -0.2) is 74.5 Å². The van der Waals surface area contributed by atoms with E-state index in [4.69, 9.17) is 0 Å². The third-order valence-corrected chi connectivity index (χ3v) is 4.86. The van der Waals surface area contributed by atoms with Crippen LogP contribution in [0.3, 0.4) is 0 Å². The Hall–Kier alpha value is -1.34. The van der Waals surface area contributed by atoms with Crippen molar-refractivity contribution >= 4 is 42.3 Å². The third-order valence-electron chi connectivity index (χ3n) is 4.86. The maximum Gasteiger partial charge on any atom is 0.241 e. The highest BCUT2D eigenvalue weighted by molar-refractivity contribution is 5.96. The van der Waals surface area contributed by atoms with Crippen LogP contribution in [-0.2, 0) is 16.0 Å². The average molecular weight is 403 g/mol. The Labute approximate surface area is 167 Å². The molecule has 0 bridgehead atoms. The van der Waals surface area contributed by atoms with Crippen LogP contribution in [0, 0.1) is 0 Å². The predicted molar refractivity (Wildman–Crippen MR) is 109 cm³/mol. The highest BCUT2D eigenvalue weighted by atomic mass is 35.5. The highest BCUT2D eigenvalue weighted by Gasteiger charge is 2.27. The van der Waals surface area contributed by atoms with Gasteiger partial charge < -0.3 is 15.1 Å². The lowest BCUT2D eigenvalue weighted by Gasteiger charge is -2.35. The summed E-state index contributed by atoms with van der Waals surface area (Å²) in [7, 11) is 1.85. The van der Waals surface area contributed by atoms with Gasteiger partial charge in [-0.25, -0.2) is 0 Å². The summed E-state index contributed by atoms with van der Waals surface area (Å²) < 4.78 is 0. The topological polar surface area (TPSA) is 55.9 Å². The van der Waals surface area contributed by atoms with E-state index < -0.39 is 0 Å². The van der Waals surface area contributed by atoms with E-state index >= 15 is 0 Å². The van der Waals surface area contributed by atoms with E-state index in [2.05, 4.69) is 16.3 Å². The summed E-state index contributed by atoms with van der Waals surface area (Å²) in [6, 6.07) is 8.13. The second-order valence-corrected chi connectivity index (χ2v) is 6.43. The van der Waals surface area contributed by atoms with Crippen molar-refractivity contribution in [3.63, 3.8) is 0 Å². The number of amides is 2. The minimum absolute atomic E-state index is 0. The van der Waals surface area contributed by atoms with Gasteiger partial charge in [0.05, 0.1) is 6.54 Å². The number of benzene rings is 1. The van der Waals surface area contributed by atoms with Gasteiger partial charge in [0.15, 0.2) is 0 Å². The SMILES string of the molecule is CNCCC(=O)N1CCN(CC(=O)N2CCc3ccccc32)CC1.Cl.Cl. The molecule has 1 aromatic carbocycles. The number of nitrogens with zero attached hydrogens (tertiary/aromatic N) is 3. The minimum atomic E-state index is 0. The first-order valence-electron chi connectivity index (χ1n) is 8.72. The summed E-state index contributed by atoms with van der Waals surface area (Å²) >= 11 is 0. The number of rotatable bonds is 5. The number of piperazine rings is 1. The molecule has 1 fully saturated rings. The Bertz CT molecular complexity index is 607. The van der Waals surface area contributed by atoms with Crippen LogP contribution in [0.25, 0.3) is 0 Å². The highest BCUT2D eigenvalue weighted by Crippen LogP contribution is 2.27. The molecule has 0 atom stereocenters. The Morgan fingerprint density at radius 1 is 1.00 bits per heavy atom. The first kappa shape index (κ1) is 22.7. The van der Waals surface area contributed by atoms with E-state index in [1.54, 1.807) is 0 Å². The van der Waals surface area contributed by atoms with Gasteiger partial charge in [0.2, 0.25) is 11.8 Å². The molecule has 0 aromatic heterocycles. The average Bonchev–Trinajstić information content (AvgIpc) is 3.04. The molecule has 8 heteroatoms. The Kier molecular flexibility index (Phi) is 9.36. The molecule has 1 aromatic rings. The smallest absolute Gasteiger partial charge is 0.241 e. The molecule has 2 aliphatic heterocycles. The maximum atomic E-state index is 12.6. The van der Waals surface area contributed by atoms with Gasteiger partial charge in [-0.15, -0.1) is 24.8 Å². The molecule has 0 saturated carbocycles. The largest absolute Gasteiger partial charge is 0.340 e. The van der Waals surface area contributed by atoms with Crippen LogP contribution in [0.4, 0.5) is 5.69 Å². The van der Waals surface area contributed by atoms with Gasteiger partial charge in [0, 0.05) is 51.4 Å². The van der Waals surface area contributed by atoms with Crippen molar-refractivity contribution in [1.29, 1.82) is 0 Å². The van der Waals surface area contributed by atoms with E-state index in [1.807, 2.05) is 35.0 Å². The summed E-state index contributed by atoms with van der Waals surface area (Å²) in [5, 5.41) is 3.00. The molecule has 0 aliphatic carbocycles. The van der Waals surface area contributed by atoms with Crippen LogP contribution in [0.15, 0.2) is 24.3 Å². The Balaban J connectivity index is 0.00000169. The molecule has 0 radical (unpaired) electrons. The lowest BCUT2D eigenvalue weighted by atomic mass is 10.2. The third kappa shape index (κ3) is 5.33. The van der Waals surface area contributed by atoms with Gasteiger partial charge in [0.1, 0.15) is 0 Å². The number of fused-ring (bicyclic) bond motifs is 1. The molecule has 2 amide bonds. The number of hydrogen-bond acceptors (Lipinski definition) is 4. The number of para-hydroxylation sites is 1. The second-order valence-electron chi connectivity index (χ2n) is 6.43. The molecule has 2 heterocycles. The number of halogens is 2. The van der Waals surface area contributed by atoms with Gasteiger partial charge in [-0.1, -0.05) is 18.2 Å². The van der Waals surface area contributed by atoms with Gasteiger partial charge in [-0.3, -0.25) is 14.5 Å². The molecule has 3 rings (SSSR count). The van der Waals surface area contributed by atoms with Crippen LogP contribution in [0.2, 0.25) is 0 Å². The van der Waals surface area contributed by atoms with E-state index in [0.717, 1.165) is 31.7 Å². The molecule has 0 spiro atoms. The predicted octanol–water partition coefficient (Wildman–Crippen LogP) is 1.17. The minimum Gasteiger partial charge on any atom is -0.340 e. The van der Waals surface area contributed by atoms with Crippen molar-refractivity contribution in [2.75, 3.05) is 57.8 Å². The normalized spacial score (nSPS) is 16.5. The molecular formula is C18H28Cl2N4O2. The number of hydrogen-bond donors (Lipinski definition) is 1. The quantitative estimate of drug-likeness (QED) is 0.802. The van der Waals surface area contributed by atoms with Gasteiger partial charge in [0.25, 0.3) is 0 Å². The van der Waals surface area contributed by atoms with Crippen molar-refractivity contribution < 1.29 is 9.59 Å². The van der Waals surface area contributed by atoms with Crippen LogP contribution in [0.5, 0.6) is 0 Å². The molecule has 26 heavy (non-hydrogen) atoms. The fraction of sp³-hybridized carbons (Fsp3) is 0.556. The molecule has 0 unspecified atom stereocenters. The Morgan fingerprint density at radius 2 is 1.69 bits per heavy atom. The van der Waals surface area contributed by atoms with Crippen LogP contribution < -0.4 is 10.2 Å². The number of carbonyl (C=O) groups excluding carboxylic acids is 2. The summed E-state index contributed by atoms with van der Waals surface area (Å²) in [5.41, 5.74) is 2.31. The standard InChI is InChI=1S/C18H26N4O2.2ClH/c1-19-8-6-17(23)21-12-10-20(11-13-21)14-18(24)22-9-7-15-4-2-3-5-16(15)22;;/h2-5,19H,6-14H2,1H3;2*1H. The summed E-state index contributed by atoms with van der Waals surface area (Å²) in [6.45, 7) is 4.90. The van der Waals surface area contributed by atoms with Crippen LogP contribution in [0.1, 0.15) is 12.0 Å². The summed E-state index contributed by atoms with van der Waals surface area (Å²) in [6.07, 6.45) is 1.48. The van der Waals surface area contributed by atoms with E-state index in [9.17, 15) is 9.59 Å². The van der Waals surface area contributed by atoms with Crippen molar-refractivity contribution in [2.24, 2.45) is 0 Å². The number of carbonyl (C=O) groups is 2. The Morgan fingerprint density at radius 3 is 2.38 bits per heavy atom. The van der Waals surface area contributed by atoms with Crippen molar-refractivity contribution in [3.05, 3.63) is 29.8 Å². The monoisotopic (exact) mass is 402 g/mol. The first-order valence-corrected chi connectivity index (χ1v) is 8.72.